The second-order valence-corrected chi connectivity index (χ2v) is 2.34. The van der Waals surface area contributed by atoms with Gasteiger partial charge in [0.25, 0.3) is 10.1 Å². The van der Waals surface area contributed by atoms with E-state index in [-0.39, 0.29) is 29.6 Å². The third kappa shape index (κ3) is 9.64. The van der Waals surface area contributed by atoms with E-state index in [4.69, 9.17) is 9.81 Å². The molecule has 0 rings (SSSR count). The average molecular weight is 145 g/mol. The maximum absolute atomic E-state index is 9.56. The molecule has 0 unspecified atom stereocenters. The molecule has 0 aromatic carbocycles. The van der Waals surface area contributed by atoms with Gasteiger partial charge in [-0.25, -0.2) is 0 Å². The summed E-state index contributed by atoms with van der Waals surface area (Å²) >= 11 is 0. The third-order valence-corrected chi connectivity index (χ3v) is 0.741. The van der Waals surface area contributed by atoms with Crippen LogP contribution in [-0.2, 0) is 10.1 Å². The average Bonchev–Trinajstić information content (AvgIpc) is 1.30. The Kier molecular flexibility index (Phi) is 6.03. The Hall–Kier alpha value is 0.400. The van der Waals surface area contributed by atoms with E-state index in [1.165, 1.54) is 6.07 Å². The van der Waals surface area contributed by atoms with Crippen molar-refractivity contribution in [2.75, 3.05) is 5.75 Å². The predicted molar refractivity (Wildman–Crippen MR) is 29.2 cm³/mol. The summed E-state index contributed by atoms with van der Waals surface area (Å²) in [6.45, 7) is 0. The first-order chi connectivity index (χ1) is 3.06. The number of hydrogen-bond donors (Lipinski definition) is 1. The maximum atomic E-state index is 9.56. The first kappa shape index (κ1) is 11.2. The summed E-state index contributed by atoms with van der Waals surface area (Å²) in [5, 5.41) is 7.61. The van der Waals surface area contributed by atoms with Gasteiger partial charge in [0.05, 0.1) is 6.07 Å². The molecule has 0 atom stereocenters. The zero-order valence-corrected chi connectivity index (χ0v) is 4.14. The first-order valence-electron chi connectivity index (χ1n) is 1.38. The summed E-state index contributed by atoms with van der Waals surface area (Å²) in [7, 11) is -4.04. The van der Waals surface area contributed by atoms with Crippen LogP contribution in [-0.4, -0.2) is 48.3 Å². The Balaban J connectivity index is 0. The van der Waals surface area contributed by atoms with Gasteiger partial charge in [0, 0.05) is 0 Å². The number of nitriles is 1. The molecule has 0 aliphatic rings. The monoisotopic (exact) mass is 145 g/mol. The minimum absolute atomic E-state index is 0. The normalized spacial score (nSPS) is 9.00. The molecular formula is C2H4NNaO3S. The van der Waals surface area contributed by atoms with Crippen molar-refractivity contribution in [2.24, 2.45) is 0 Å². The van der Waals surface area contributed by atoms with Crippen molar-refractivity contribution in [3.05, 3.63) is 0 Å². The van der Waals surface area contributed by atoms with E-state index in [1.807, 2.05) is 0 Å². The van der Waals surface area contributed by atoms with Crippen LogP contribution in [0.5, 0.6) is 0 Å². The Morgan fingerprint density at radius 2 is 2.00 bits per heavy atom. The topological polar surface area (TPSA) is 78.2 Å². The predicted octanol–water partition coefficient (Wildman–Crippen LogP) is -1.25. The molecule has 0 aromatic rings. The molecule has 42 valence electrons. The number of nitrogens with zero attached hydrogens (tertiary/aromatic N) is 1. The molecule has 0 bridgehead atoms. The molecular weight excluding hydrogens is 141 g/mol. The Morgan fingerprint density at radius 3 is 2.00 bits per heavy atom. The van der Waals surface area contributed by atoms with E-state index in [1.54, 1.807) is 0 Å². The van der Waals surface area contributed by atoms with Crippen LogP contribution in [0.25, 0.3) is 0 Å². The van der Waals surface area contributed by atoms with Gasteiger partial charge in [-0.05, 0) is 0 Å². The van der Waals surface area contributed by atoms with Crippen molar-refractivity contribution >= 4 is 39.7 Å². The van der Waals surface area contributed by atoms with Crippen molar-refractivity contribution in [1.29, 1.82) is 5.26 Å². The fourth-order valence-corrected chi connectivity index (χ4v) is 0.245. The molecule has 0 spiro atoms. The summed E-state index contributed by atoms with van der Waals surface area (Å²) < 4.78 is 26.9. The van der Waals surface area contributed by atoms with Gasteiger partial charge < -0.3 is 0 Å². The molecule has 6 heteroatoms. The van der Waals surface area contributed by atoms with E-state index >= 15 is 0 Å². The van der Waals surface area contributed by atoms with Crippen LogP contribution in [0.3, 0.4) is 0 Å². The number of rotatable bonds is 1. The molecule has 0 heterocycles. The third-order valence-electron chi connectivity index (χ3n) is 0.247. The Bertz CT molecular complexity index is 178. The zero-order chi connectivity index (χ0) is 5.91. The summed E-state index contributed by atoms with van der Waals surface area (Å²) in [6, 6.07) is 1.27. The first-order valence-corrected chi connectivity index (χ1v) is 2.99. The second kappa shape index (κ2) is 4.30. The van der Waals surface area contributed by atoms with Crippen molar-refractivity contribution < 1.29 is 13.0 Å². The molecule has 0 saturated heterocycles. The van der Waals surface area contributed by atoms with Crippen molar-refractivity contribution in [3.63, 3.8) is 0 Å². The summed E-state index contributed by atoms with van der Waals surface area (Å²) in [6.07, 6.45) is 0. The van der Waals surface area contributed by atoms with E-state index in [0.717, 1.165) is 0 Å². The van der Waals surface area contributed by atoms with E-state index in [0.29, 0.717) is 0 Å². The molecule has 4 nitrogen and oxygen atoms in total. The van der Waals surface area contributed by atoms with Gasteiger partial charge in [-0.15, -0.1) is 0 Å². The Morgan fingerprint density at radius 1 is 1.62 bits per heavy atom. The van der Waals surface area contributed by atoms with Crippen LogP contribution in [0.1, 0.15) is 0 Å². The summed E-state index contributed by atoms with van der Waals surface area (Å²) in [4.78, 5) is 0. The van der Waals surface area contributed by atoms with Crippen LogP contribution < -0.4 is 0 Å². The molecule has 0 aliphatic heterocycles. The van der Waals surface area contributed by atoms with Gasteiger partial charge in [-0.1, -0.05) is 0 Å². The SMILES string of the molecule is N#CCS(=O)(=O)O.[NaH]. The molecule has 8 heavy (non-hydrogen) atoms. The number of hydrogen-bond acceptors (Lipinski definition) is 3. The van der Waals surface area contributed by atoms with Gasteiger partial charge in [-0.3, -0.25) is 4.55 Å². The summed E-state index contributed by atoms with van der Waals surface area (Å²) in [5.41, 5.74) is 0. The molecule has 0 fully saturated rings. The molecule has 0 amide bonds. The van der Waals surface area contributed by atoms with Crippen LogP contribution in [0.2, 0.25) is 0 Å². The van der Waals surface area contributed by atoms with Gasteiger partial charge in [-0.2, -0.15) is 13.7 Å². The van der Waals surface area contributed by atoms with Crippen LogP contribution >= 0.6 is 0 Å². The minimum atomic E-state index is -4.04. The molecule has 0 aliphatic carbocycles. The van der Waals surface area contributed by atoms with E-state index < -0.39 is 15.9 Å². The van der Waals surface area contributed by atoms with Gasteiger partial charge in [0.1, 0.15) is 0 Å². The fourth-order valence-electron chi connectivity index (χ4n) is 0.0816. The molecule has 0 aromatic heterocycles. The molecule has 0 saturated carbocycles. The van der Waals surface area contributed by atoms with Crippen LogP contribution in [0.4, 0.5) is 0 Å². The van der Waals surface area contributed by atoms with E-state index in [2.05, 4.69) is 0 Å². The second-order valence-electron chi connectivity index (χ2n) is 0.884. The van der Waals surface area contributed by atoms with Gasteiger partial charge >= 0.3 is 29.6 Å². The molecule has 1 N–H and O–H groups in total. The fraction of sp³-hybridized carbons (Fsp3) is 0.500. The quantitative estimate of drug-likeness (QED) is 0.369. The van der Waals surface area contributed by atoms with Crippen LogP contribution in [0.15, 0.2) is 0 Å². The van der Waals surface area contributed by atoms with Crippen molar-refractivity contribution in [1.82, 2.24) is 0 Å². The Labute approximate surface area is 69.5 Å². The van der Waals surface area contributed by atoms with Crippen molar-refractivity contribution in [3.8, 4) is 6.07 Å². The zero-order valence-electron chi connectivity index (χ0n) is 3.33. The molecule has 0 radical (unpaired) electrons. The van der Waals surface area contributed by atoms with Crippen LogP contribution in [0, 0.1) is 11.3 Å². The van der Waals surface area contributed by atoms with Crippen molar-refractivity contribution in [2.45, 2.75) is 0 Å². The van der Waals surface area contributed by atoms with Gasteiger partial charge in [0.15, 0.2) is 5.75 Å². The standard InChI is InChI=1S/C2H3NO3S.Na.H/c3-1-2-7(4,5)6;;/h2H2,(H,4,5,6);;. The van der Waals surface area contributed by atoms with Gasteiger partial charge in [0.2, 0.25) is 0 Å². The summed E-state index contributed by atoms with van der Waals surface area (Å²) in [5.74, 6) is -0.826. The van der Waals surface area contributed by atoms with E-state index in [9.17, 15) is 8.42 Å².